The van der Waals surface area contributed by atoms with Crippen molar-refractivity contribution in [1.82, 2.24) is 10.3 Å². The minimum atomic E-state index is -0.305. The summed E-state index contributed by atoms with van der Waals surface area (Å²) in [7, 11) is 0. The van der Waals surface area contributed by atoms with Gasteiger partial charge in [0.25, 0.3) is 11.8 Å². The number of benzene rings is 1. The third-order valence-corrected chi connectivity index (χ3v) is 3.60. The number of aromatic nitrogens is 1. The molecule has 0 saturated heterocycles. The number of amides is 2. The Kier molecular flexibility index (Phi) is 5.93. The molecular weight excluding hydrogens is 326 g/mol. The maximum absolute atomic E-state index is 12.4. The number of pyridine rings is 1. The van der Waals surface area contributed by atoms with E-state index < -0.39 is 0 Å². The van der Waals surface area contributed by atoms with Crippen molar-refractivity contribution < 1.29 is 9.59 Å². The van der Waals surface area contributed by atoms with Crippen LogP contribution in [0.5, 0.6) is 0 Å². The van der Waals surface area contributed by atoms with Gasteiger partial charge in [-0.3, -0.25) is 14.6 Å². The smallest absolute Gasteiger partial charge is 0.269 e. The fraction of sp³-hybridized carbons (Fsp3) is 0.278. The minimum Gasteiger partial charge on any atom is -0.350 e. The number of hydrogen-bond acceptors (Lipinski definition) is 3. The summed E-state index contributed by atoms with van der Waals surface area (Å²) in [5.74, 6) is -0.255. The first kappa shape index (κ1) is 17.9. The van der Waals surface area contributed by atoms with E-state index in [9.17, 15) is 9.59 Å². The predicted molar refractivity (Wildman–Crippen MR) is 95.6 cm³/mol. The molecule has 0 atom stereocenters. The minimum absolute atomic E-state index is 0.219. The van der Waals surface area contributed by atoms with E-state index in [-0.39, 0.29) is 17.5 Å². The number of rotatable bonds is 5. The van der Waals surface area contributed by atoms with Gasteiger partial charge in [0.1, 0.15) is 5.69 Å². The third-order valence-electron chi connectivity index (χ3n) is 3.36. The average Bonchev–Trinajstić information content (AvgIpc) is 2.55. The summed E-state index contributed by atoms with van der Waals surface area (Å²) < 4.78 is 0. The topological polar surface area (TPSA) is 71.1 Å². The monoisotopic (exact) mass is 345 g/mol. The largest absolute Gasteiger partial charge is 0.350 e. The first-order valence-electron chi connectivity index (χ1n) is 7.68. The second-order valence-electron chi connectivity index (χ2n) is 5.95. The van der Waals surface area contributed by atoms with Crippen molar-refractivity contribution in [2.45, 2.75) is 20.8 Å². The van der Waals surface area contributed by atoms with Crippen LogP contribution in [-0.4, -0.2) is 23.3 Å². The summed E-state index contributed by atoms with van der Waals surface area (Å²) in [5.41, 5.74) is 2.12. The molecule has 0 saturated carbocycles. The van der Waals surface area contributed by atoms with E-state index in [0.717, 1.165) is 5.56 Å². The van der Waals surface area contributed by atoms with Gasteiger partial charge in [-0.1, -0.05) is 25.4 Å². The highest BCUT2D eigenvalue weighted by molar-refractivity contribution is 6.30. The quantitative estimate of drug-likeness (QED) is 0.868. The first-order valence-corrected chi connectivity index (χ1v) is 8.06. The zero-order valence-corrected chi connectivity index (χ0v) is 14.6. The number of carbonyl (C=O) groups excluding carboxylic acids is 2. The van der Waals surface area contributed by atoms with E-state index >= 15 is 0 Å². The van der Waals surface area contributed by atoms with E-state index in [1.807, 2.05) is 20.8 Å². The molecule has 1 aromatic carbocycles. The van der Waals surface area contributed by atoms with Crippen molar-refractivity contribution >= 4 is 29.1 Å². The Labute approximate surface area is 146 Å². The van der Waals surface area contributed by atoms with Gasteiger partial charge in [-0.15, -0.1) is 0 Å². The number of hydrogen-bond donors (Lipinski definition) is 2. The van der Waals surface area contributed by atoms with Crippen LogP contribution in [-0.2, 0) is 0 Å². The van der Waals surface area contributed by atoms with Crippen LogP contribution in [0.15, 0.2) is 36.5 Å². The second kappa shape index (κ2) is 7.93. The highest BCUT2D eigenvalue weighted by atomic mass is 35.5. The molecule has 126 valence electrons. The molecule has 2 N–H and O–H groups in total. The van der Waals surface area contributed by atoms with Crippen molar-refractivity contribution in [3.05, 3.63) is 58.4 Å². The molecule has 0 bridgehead atoms. The lowest BCUT2D eigenvalue weighted by atomic mass is 10.1. The number of halogens is 1. The number of carbonyl (C=O) groups is 2. The summed E-state index contributed by atoms with van der Waals surface area (Å²) in [4.78, 5) is 28.5. The fourth-order valence-corrected chi connectivity index (χ4v) is 2.27. The Balaban J connectivity index is 2.12. The highest BCUT2D eigenvalue weighted by Crippen LogP contribution is 2.20. The lowest BCUT2D eigenvalue weighted by Crippen LogP contribution is -2.28. The van der Waals surface area contributed by atoms with E-state index in [4.69, 9.17) is 11.6 Å². The van der Waals surface area contributed by atoms with Gasteiger partial charge in [0.2, 0.25) is 0 Å². The summed E-state index contributed by atoms with van der Waals surface area (Å²) in [5, 5.41) is 6.20. The van der Waals surface area contributed by atoms with Crippen LogP contribution in [0.2, 0.25) is 5.02 Å². The number of aryl methyl sites for hydroxylation is 1. The predicted octanol–water partition coefficient (Wildman–Crippen LogP) is 3.68. The fourth-order valence-electron chi connectivity index (χ4n) is 2.05. The van der Waals surface area contributed by atoms with Crippen LogP contribution < -0.4 is 10.6 Å². The SMILES string of the molecule is Cc1cc(Cl)ccc1NC(=O)c1ccnc(C(=O)NCC(C)C)c1. The van der Waals surface area contributed by atoms with Gasteiger partial charge in [0, 0.05) is 29.0 Å². The maximum atomic E-state index is 12.4. The van der Waals surface area contributed by atoms with E-state index in [2.05, 4.69) is 15.6 Å². The lowest BCUT2D eigenvalue weighted by molar-refractivity contribution is 0.0944. The van der Waals surface area contributed by atoms with Gasteiger partial charge < -0.3 is 10.6 Å². The summed E-state index contributed by atoms with van der Waals surface area (Å²) >= 11 is 5.91. The summed E-state index contributed by atoms with van der Waals surface area (Å²) in [6.45, 7) is 6.43. The van der Waals surface area contributed by atoms with Crippen LogP contribution in [0.25, 0.3) is 0 Å². The molecule has 0 radical (unpaired) electrons. The Morgan fingerprint density at radius 2 is 1.92 bits per heavy atom. The highest BCUT2D eigenvalue weighted by Gasteiger charge is 2.13. The zero-order valence-electron chi connectivity index (χ0n) is 13.9. The third kappa shape index (κ3) is 4.80. The molecule has 0 aliphatic carbocycles. The average molecular weight is 346 g/mol. The summed E-state index contributed by atoms with van der Waals surface area (Å²) in [6, 6.07) is 8.28. The van der Waals surface area contributed by atoms with Gasteiger partial charge >= 0.3 is 0 Å². The molecule has 1 heterocycles. The first-order chi connectivity index (χ1) is 11.4. The zero-order chi connectivity index (χ0) is 17.7. The Bertz CT molecular complexity index is 760. The molecule has 5 nitrogen and oxygen atoms in total. The number of nitrogens with zero attached hydrogens (tertiary/aromatic N) is 1. The second-order valence-corrected chi connectivity index (χ2v) is 6.38. The number of nitrogens with one attached hydrogen (secondary N) is 2. The van der Waals surface area contributed by atoms with Gasteiger partial charge in [0.05, 0.1) is 0 Å². The number of anilines is 1. The van der Waals surface area contributed by atoms with Crippen LogP contribution in [0.1, 0.15) is 40.3 Å². The van der Waals surface area contributed by atoms with Crippen molar-refractivity contribution in [3.63, 3.8) is 0 Å². The van der Waals surface area contributed by atoms with Crippen LogP contribution in [0, 0.1) is 12.8 Å². The van der Waals surface area contributed by atoms with Gasteiger partial charge in [0.15, 0.2) is 0 Å². The standard InChI is InChI=1S/C18H20ClN3O2/c1-11(2)10-21-18(24)16-9-13(6-7-20-16)17(23)22-15-5-4-14(19)8-12(15)3/h4-9,11H,10H2,1-3H3,(H,21,24)(H,22,23). The van der Waals surface area contributed by atoms with E-state index in [1.165, 1.54) is 12.3 Å². The molecule has 0 fully saturated rings. The van der Waals surface area contributed by atoms with Crippen molar-refractivity contribution in [2.24, 2.45) is 5.92 Å². The molecule has 0 unspecified atom stereocenters. The molecule has 0 aliphatic heterocycles. The normalized spacial score (nSPS) is 10.5. The molecule has 2 amide bonds. The van der Waals surface area contributed by atoms with Crippen molar-refractivity contribution in [2.75, 3.05) is 11.9 Å². The van der Waals surface area contributed by atoms with Crippen LogP contribution in [0.4, 0.5) is 5.69 Å². The van der Waals surface area contributed by atoms with Crippen molar-refractivity contribution in [3.8, 4) is 0 Å². The molecule has 2 rings (SSSR count). The molecule has 0 aliphatic rings. The van der Waals surface area contributed by atoms with Crippen LogP contribution >= 0.6 is 11.6 Å². The summed E-state index contributed by atoms with van der Waals surface area (Å²) in [6.07, 6.45) is 1.45. The molecule has 6 heteroatoms. The molecule has 2 aromatic rings. The molecule has 24 heavy (non-hydrogen) atoms. The van der Waals surface area contributed by atoms with Crippen molar-refractivity contribution in [1.29, 1.82) is 0 Å². The molecular formula is C18H20ClN3O2. The maximum Gasteiger partial charge on any atom is 0.269 e. The molecule has 0 spiro atoms. The van der Waals surface area contributed by atoms with Gasteiger partial charge in [-0.05, 0) is 48.7 Å². The van der Waals surface area contributed by atoms with Gasteiger partial charge in [-0.2, -0.15) is 0 Å². The Morgan fingerprint density at radius 3 is 2.58 bits per heavy atom. The Morgan fingerprint density at radius 1 is 1.17 bits per heavy atom. The molecule has 1 aromatic heterocycles. The van der Waals surface area contributed by atoms with Crippen LogP contribution in [0.3, 0.4) is 0 Å². The van der Waals surface area contributed by atoms with E-state index in [1.54, 1.807) is 24.3 Å². The lowest BCUT2D eigenvalue weighted by Gasteiger charge is -2.10. The Hall–Kier alpha value is -2.40. The van der Waals surface area contributed by atoms with E-state index in [0.29, 0.717) is 28.7 Å². The van der Waals surface area contributed by atoms with Gasteiger partial charge in [-0.25, -0.2) is 0 Å².